The van der Waals surface area contributed by atoms with Crippen LogP contribution in [0.25, 0.3) is 66.1 Å². The van der Waals surface area contributed by atoms with Gasteiger partial charge in [-0.1, -0.05) is 157 Å². The highest BCUT2D eigenvalue weighted by Gasteiger charge is 2.23. The molecule has 0 radical (unpaired) electrons. The van der Waals surface area contributed by atoms with Gasteiger partial charge in [-0.2, -0.15) is 0 Å². The molecule has 0 saturated carbocycles. The highest BCUT2D eigenvalue weighted by atomic mass is 19.1. The van der Waals surface area contributed by atoms with Gasteiger partial charge in [0.2, 0.25) is 0 Å². The molecule has 0 N–H and O–H groups in total. The minimum atomic E-state index is -0.669. The standard InChI is InChI=1S/C64H46F2N2/c1-43-29-33-62(68(57-28-16-26-55(66)42-57)59-39-52(47-21-11-5-12-22-47)36-53(40-59)48-23-13-6-14-24-48)60-32-30-49-31-34-61(44(2)64(49)63(43)60)67(56-27-15-25-54(65)41-56)58-37-50(45-17-7-3-8-18-45)35-51(38-58)46-19-9-4-10-20-46/h3-42H,1-2H3/i3D,4D,5D,6D,7D,8D,9D,10D,11D,12D,13D,14D,17D,18D,19D,20D,21D,22D,23D,24D. The van der Waals surface area contributed by atoms with Crippen molar-refractivity contribution in [2.75, 3.05) is 9.80 Å². The van der Waals surface area contributed by atoms with Gasteiger partial charge in [-0.3, -0.25) is 0 Å². The van der Waals surface area contributed by atoms with Crippen LogP contribution in [0.3, 0.4) is 0 Å². The number of benzene rings is 11. The van der Waals surface area contributed by atoms with Crippen LogP contribution in [0.4, 0.5) is 42.9 Å². The van der Waals surface area contributed by atoms with Gasteiger partial charge in [0, 0.05) is 33.8 Å². The van der Waals surface area contributed by atoms with E-state index < -0.39 is 132 Å². The Balaban J connectivity index is 1.23. The van der Waals surface area contributed by atoms with Crippen molar-refractivity contribution < 1.29 is 36.2 Å². The number of hydrogen-bond acceptors (Lipinski definition) is 2. The molecule has 0 amide bonds. The fraction of sp³-hybridized carbons (Fsp3) is 0.0312. The van der Waals surface area contributed by atoms with Crippen molar-refractivity contribution in [1.82, 2.24) is 0 Å². The lowest BCUT2D eigenvalue weighted by atomic mass is 9.92. The summed E-state index contributed by atoms with van der Waals surface area (Å²) in [5, 5.41) is 2.45. The number of hydrogen-bond donors (Lipinski definition) is 0. The number of anilines is 6. The lowest BCUT2D eigenvalue weighted by Gasteiger charge is -2.30. The van der Waals surface area contributed by atoms with Crippen LogP contribution < -0.4 is 9.80 Å². The monoisotopic (exact) mass is 900 g/mol. The third-order valence-electron chi connectivity index (χ3n) is 11.7. The van der Waals surface area contributed by atoms with Crippen LogP contribution in [0.15, 0.2) is 242 Å². The van der Waals surface area contributed by atoms with E-state index >= 15 is 8.78 Å². The third-order valence-corrected chi connectivity index (χ3v) is 11.7. The average Bonchev–Trinajstić information content (AvgIpc) is 1.31. The van der Waals surface area contributed by atoms with Crippen molar-refractivity contribution >= 4 is 55.7 Å². The fourth-order valence-corrected chi connectivity index (χ4v) is 8.74. The Labute approximate surface area is 424 Å². The molecule has 68 heavy (non-hydrogen) atoms. The molecule has 0 heterocycles. The van der Waals surface area contributed by atoms with Gasteiger partial charge >= 0.3 is 0 Å². The van der Waals surface area contributed by atoms with Crippen molar-refractivity contribution in [3.05, 3.63) is 265 Å². The fourth-order valence-electron chi connectivity index (χ4n) is 8.74. The number of fused-ring (bicyclic) bond motifs is 3. The Hall–Kier alpha value is -8.60. The minimum Gasteiger partial charge on any atom is -0.310 e. The first-order valence-electron chi connectivity index (χ1n) is 31.3. The Morgan fingerprint density at radius 1 is 0.353 bits per heavy atom. The maximum absolute atomic E-state index is 15.8. The molecular formula is C64H46F2N2. The molecule has 0 atom stereocenters. The molecule has 11 aromatic carbocycles. The summed E-state index contributed by atoms with van der Waals surface area (Å²) >= 11 is 0. The van der Waals surface area contributed by atoms with Crippen molar-refractivity contribution in [2.24, 2.45) is 0 Å². The van der Waals surface area contributed by atoms with E-state index in [1.54, 1.807) is 34.1 Å². The lowest BCUT2D eigenvalue weighted by molar-refractivity contribution is 0.627. The van der Waals surface area contributed by atoms with E-state index in [0.717, 1.165) is 0 Å². The van der Waals surface area contributed by atoms with E-state index in [2.05, 4.69) is 0 Å². The van der Waals surface area contributed by atoms with Gasteiger partial charge < -0.3 is 9.80 Å². The molecule has 0 bridgehead atoms. The summed E-state index contributed by atoms with van der Waals surface area (Å²) in [6, 6.07) is 18.0. The maximum atomic E-state index is 15.8. The largest absolute Gasteiger partial charge is 0.310 e. The predicted molar refractivity (Wildman–Crippen MR) is 282 cm³/mol. The van der Waals surface area contributed by atoms with Crippen molar-refractivity contribution in [1.29, 1.82) is 0 Å². The molecule has 11 rings (SSSR count). The molecule has 0 aliphatic carbocycles. The maximum Gasteiger partial charge on any atom is 0.125 e. The van der Waals surface area contributed by atoms with Crippen molar-refractivity contribution in [3.63, 3.8) is 0 Å². The van der Waals surface area contributed by atoms with Gasteiger partial charge in [0.15, 0.2) is 0 Å². The van der Waals surface area contributed by atoms with Crippen LogP contribution in [0.1, 0.15) is 38.5 Å². The zero-order chi connectivity index (χ0) is 63.5. The topological polar surface area (TPSA) is 6.48 Å². The summed E-state index contributed by atoms with van der Waals surface area (Å²) in [5.74, 6) is -1.33. The Morgan fingerprint density at radius 2 is 0.750 bits per heavy atom. The first-order valence-corrected chi connectivity index (χ1v) is 21.3. The van der Waals surface area contributed by atoms with Gasteiger partial charge in [0.05, 0.1) is 33.1 Å². The van der Waals surface area contributed by atoms with Crippen LogP contribution >= 0.6 is 0 Å². The summed E-state index contributed by atoms with van der Waals surface area (Å²) in [6.07, 6.45) is 0. The smallest absolute Gasteiger partial charge is 0.125 e. The first-order chi connectivity index (χ1) is 41.6. The first kappa shape index (κ1) is 25.3. The van der Waals surface area contributed by atoms with Gasteiger partial charge in [-0.25, -0.2) is 8.78 Å². The molecule has 0 unspecified atom stereocenters. The van der Waals surface area contributed by atoms with Crippen molar-refractivity contribution in [2.45, 2.75) is 13.8 Å². The molecule has 0 saturated heterocycles. The lowest BCUT2D eigenvalue weighted by Crippen LogP contribution is -2.13. The molecule has 0 aliphatic heterocycles. The average molecular weight is 901 g/mol. The van der Waals surface area contributed by atoms with E-state index in [4.69, 9.17) is 27.4 Å². The van der Waals surface area contributed by atoms with Gasteiger partial charge in [-0.05, 0) is 171 Å². The zero-order valence-electron chi connectivity index (χ0n) is 56.2. The summed E-state index contributed by atoms with van der Waals surface area (Å²) in [5.41, 5.74) is 1.58. The summed E-state index contributed by atoms with van der Waals surface area (Å²) in [6.45, 7) is 3.67. The minimum absolute atomic E-state index is 0.00935. The molecule has 0 aromatic heterocycles. The molecule has 0 fully saturated rings. The number of aryl methyl sites for hydroxylation is 2. The predicted octanol–water partition coefficient (Wildman–Crippen LogP) is 18.5. The highest BCUT2D eigenvalue weighted by molar-refractivity contribution is 6.17. The van der Waals surface area contributed by atoms with E-state index in [0.29, 0.717) is 44.0 Å². The summed E-state index contributed by atoms with van der Waals surface area (Å²) in [7, 11) is 0. The molecule has 0 aliphatic rings. The zero-order valence-corrected chi connectivity index (χ0v) is 36.2. The second-order valence-corrected chi connectivity index (χ2v) is 15.9. The Bertz CT molecular complexity index is 4550. The Morgan fingerprint density at radius 3 is 1.18 bits per heavy atom. The van der Waals surface area contributed by atoms with Crippen LogP contribution in [-0.4, -0.2) is 0 Å². The second kappa shape index (κ2) is 18.0. The molecule has 326 valence electrons. The SMILES string of the molecule is [2H]c1c([2H])c([2H])c(-c2cc(-c3c([2H])c([2H])c([2H])c([2H])c3[2H])cc(N(c3cccc(F)c3)c3ccc4ccc5c(N(c6cccc(F)c6)c6cc(-c7c([2H])c([2H])c([2H])c([2H])c7[2H])cc(-c7c([2H])c([2H])c([2H])c([2H])c7[2H])c6)ccc(C)c5c4c3C)c2)c([2H])c1[2H]. The molecular weight excluding hydrogens is 835 g/mol. The number of rotatable bonds is 10. The van der Waals surface area contributed by atoms with E-state index in [1.165, 1.54) is 72.8 Å². The molecule has 4 heteroatoms. The van der Waals surface area contributed by atoms with Crippen LogP contribution in [0.5, 0.6) is 0 Å². The summed E-state index contributed by atoms with van der Waals surface area (Å²) in [4.78, 5) is 3.27. The Kier molecular flexibility index (Phi) is 6.71. The van der Waals surface area contributed by atoms with Gasteiger partial charge in [-0.15, -0.1) is 0 Å². The van der Waals surface area contributed by atoms with Crippen LogP contribution in [-0.2, 0) is 0 Å². The quantitative estimate of drug-likeness (QED) is 0.126. The normalized spacial score (nSPS) is 15.4. The number of nitrogens with zero attached hydrogens (tertiary/aromatic N) is 2. The molecule has 2 nitrogen and oxygen atoms in total. The third kappa shape index (κ3) is 8.07. The molecule has 0 spiro atoms. The van der Waals surface area contributed by atoms with Crippen LogP contribution in [0.2, 0.25) is 0 Å². The van der Waals surface area contributed by atoms with E-state index in [1.807, 2.05) is 38.1 Å². The summed E-state index contributed by atoms with van der Waals surface area (Å²) < 4.78 is 206. The van der Waals surface area contributed by atoms with E-state index in [-0.39, 0.29) is 67.3 Å². The van der Waals surface area contributed by atoms with Crippen LogP contribution in [0, 0.1) is 25.5 Å². The van der Waals surface area contributed by atoms with Gasteiger partial charge in [0.1, 0.15) is 11.6 Å². The second-order valence-electron chi connectivity index (χ2n) is 15.9. The number of halogens is 2. The van der Waals surface area contributed by atoms with Gasteiger partial charge in [0.25, 0.3) is 0 Å². The van der Waals surface area contributed by atoms with E-state index in [9.17, 15) is 0 Å². The van der Waals surface area contributed by atoms with Crippen molar-refractivity contribution in [3.8, 4) is 44.5 Å². The highest BCUT2D eigenvalue weighted by Crippen LogP contribution is 2.48. The molecule has 11 aromatic rings.